The van der Waals surface area contributed by atoms with Crippen molar-refractivity contribution in [3.05, 3.63) is 51.8 Å². The molecule has 0 aliphatic carbocycles. The summed E-state index contributed by atoms with van der Waals surface area (Å²) in [6, 6.07) is 7.06. The highest BCUT2D eigenvalue weighted by Crippen LogP contribution is 2.34. The number of hydrogen-bond donors (Lipinski definition) is 1. The first-order chi connectivity index (χ1) is 15.2. The monoisotopic (exact) mass is 487 g/mol. The highest BCUT2D eigenvalue weighted by Gasteiger charge is 2.36. The highest BCUT2D eigenvalue weighted by molar-refractivity contribution is 6.36. The van der Waals surface area contributed by atoms with Crippen LogP contribution in [0.5, 0.6) is 0 Å². The van der Waals surface area contributed by atoms with E-state index < -0.39 is 17.8 Å². The summed E-state index contributed by atoms with van der Waals surface area (Å²) in [6.07, 6.45) is -4.06. The van der Waals surface area contributed by atoms with Crippen LogP contribution < -0.4 is 5.32 Å². The summed E-state index contributed by atoms with van der Waals surface area (Å²) in [6.45, 7) is 7.00. The molecule has 3 rings (SSSR count). The van der Waals surface area contributed by atoms with E-state index in [0.717, 1.165) is 25.7 Å². The van der Waals surface area contributed by atoms with Crippen LogP contribution in [0.3, 0.4) is 0 Å². The summed E-state index contributed by atoms with van der Waals surface area (Å²) < 4.78 is 41.8. The minimum Gasteiger partial charge on any atom is -0.351 e. The molecule has 3 aromatic rings. The van der Waals surface area contributed by atoms with Gasteiger partial charge in [0, 0.05) is 17.1 Å². The van der Waals surface area contributed by atoms with E-state index in [4.69, 9.17) is 23.2 Å². The van der Waals surface area contributed by atoms with Crippen LogP contribution in [-0.4, -0.2) is 51.6 Å². The fraction of sp³-hybridized carbons (Fsp3) is 0.381. The zero-order valence-corrected chi connectivity index (χ0v) is 19.0. The molecule has 1 N–H and O–H groups in total. The van der Waals surface area contributed by atoms with Crippen LogP contribution in [-0.2, 0) is 6.18 Å². The molecule has 2 heterocycles. The quantitative estimate of drug-likeness (QED) is 0.444. The van der Waals surface area contributed by atoms with Gasteiger partial charge in [0.1, 0.15) is 5.02 Å². The molecule has 0 aliphatic heterocycles. The van der Waals surface area contributed by atoms with Gasteiger partial charge in [-0.2, -0.15) is 18.3 Å². The van der Waals surface area contributed by atoms with E-state index in [1.165, 1.54) is 0 Å². The minimum absolute atomic E-state index is 0.0365. The highest BCUT2D eigenvalue weighted by atomic mass is 35.5. The number of halogens is 5. The van der Waals surface area contributed by atoms with Gasteiger partial charge >= 0.3 is 6.18 Å². The van der Waals surface area contributed by atoms with Crippen LogP contribution in [0.25, 0.3) is 16.9 Å². The summed E-state index contributed by atoms with van der Waals surface area (Å²) in [7, 11) is 0. The lowest BCUT2D eigenvalue weighted by atomic mass is 10.1. The van der Waals surface area contributed by atoms with Crippen LogP contribution in [0.2, 0.25) is 10.0 Å². The molecule has 0 bridgehead atoms. The average molecular weight is 488 g/mol. The molecule has 11 heteroatoms. The predicted molar refractivity (Wildman–Crippen MR) is 118 cm³/mol. The Kier molecular flexibility index (Phi) is 7.63. The Bertz CT molecular complexity index is 1100. The largest absolute Gasteiger partial charge is 0.433 e. The van der Waals surface area contributed by atoms with Crippen molar-refractivity contribution in [2.24, 2.45) is 0 Å². The zero-order chi connectivity index (χ0) is 23.5. The number of carbonyl (C=O) groups excluding carboxylic acids is 1. The Balaban J connectivity index is 1.93. The van der Waals surface area contributed by atoms with Crippen LogP contribution in [0.15, 0.2) is 30.3 Å². The van der Waals surface area contributed by atoms with E-state index in [9.17, 15) is 18.0 Å². The lowest BCUT2D eigenvalue weighted by molar-refractivity contribution is -0.142. The SMILES string of the molecule is CCN(CC)CCCNC(=O)c1nn2c(C(F)(F)F)cc(-c3ccc(Cl)cc3)nc2c1Cl. The molecule has 0 fully saturated rings. The average Bonchev–Trinajstić information content (AvgIpc) is 3.09. The normalized spacial score (nSPS) is 12.0. The summed E-state index contributed by atoms with van der Waals surface area (Å²) in [5.41, 5.74) is -1.19. The molecule has 0 unspecified atom stereocenters. The number of fused-ring (bicyclic) bond motifs is 1. The second-order valence-electron chi connectivity index (χ2n) is 7.07. The smallest absolute Gasteiger partial charge is 0.351 e. The Labute approximate surface area is 193 Å². The first-order valence-electron chi connectivity index (χ1n) is 10.1. The standard InChI is InChI=1S/C21H22Cl2F3N5O/c1-3-30(4-2)11-5-10-27-20(32)18-17(23)19-28-15(13-6-8-14(22)9-7-13)12-16(21(24,25)26)31(19)29-18/h6-9,12H,3-5,10-11H2,1-2H3,(H,27,32). The van der Waals surface area contributed by atoms with Crippen molar-refractivity contribution in [1.29, 1.82) is 0 Å². The maximum atomic E-state index is 13.8. The third kappa shape index (κ3) is 5.33. The maximum absolute atomic E-state index is 13.8. The molecular weight excluding hydrogens is 466 g/mol. The van der Waals surface area contributed by atoms with Crippen LogP contribution in [0.4, 0.5) is 13.2 Å². The number of alkyl halides is 3. The topological polar surface area (TPSA) is 62.5 Å². The lowest BCUT2D eigenvalue weighted by Gasteiger charge is -2.17. The van der Waals surface area contributed by atoms with Crippen molar-refractivity contribution in [3.8, 4) is 11.3 Å². The Hall–Kier alpha value is -2.36. The van der Waals surface area contributed by atoms with Crippen molar-refractivity contribution in [1.82, 2.24) is 24.8 Å². The third-order valence-corrected chi connectivity index (χ3v) is 5.61. The molecule has 0 spiro atoms. The number of nitrogens with zero attached hydrogens (tertiary/aromatic N) is 4. The van der Waals surface area contributed by atoms with E-state index in [1.807, 2.05) is 13.8 Å². The van der Waals surface area contributed by atoms with Crippen molar-refractivity contribution in [2.75, 3.05) is 26.2 Å². The summed E-state index contributed by atoms with van der Waals surface area (Å²) in [4.78, 5) is 19.0. The molecule has 32 heavy (non-hydrogen) atoms. The fourth-order valence-electron chi connectivity index (χ4n) is 3.24. The van der Waals surface area contributed by atoms with Gasteiger partial charge in [0.15, 0.2) is 17.0 Å². The van der Waals surface area contributed by atoms with Gasteiger partial charge in [-0.05, 0) is 44.3 Å². The second kappa shape index (κ2) is 10.1. The predicted octanol–water partition coefficient (Wildman–Crippen LogP) is 5.18. The number of nitrogens with one attached hydrogen (secondary N) is 1. The molecule has 1 aromatic carbocycles. The van der Waals surface area contributed by atoms with Gasteiger partial charge in [-0.15, -0.1) is 0 Å². The Morgan fingerprint density at radius 1 is 1.16 bits per heavy atom. The summed E-state index contributed by atoms with van der Waals surface area (Å²) in [5, 5.41) is 6.69. The van der Waals surface area contributed by atoms with Gasteiger partial charge < -0.3 is 10.2 Å². The van der Waals surface area contributed by atoms with Gasteiger partial charge in [0.25, 0.3) is 5.91 Å². The molecule has 2 aromatic heterocycles. The first-order valence-corrected chi connectivity index (χ1v) is 10.8. The van der Waals surface area contributed by atoms with E-state index in [0.29, 0.717) is 28.1 Å². The van der Waals surface area contributed by atoms with E-state index in [-0.39, 0.29) is 22.1 Å². The molecule has 6 nitrogen and oxygen atoms in total. The summed E-state index contributed by atoms with van der Waals surface area (Å²) in [5.74, 6) is -0.652. The molecule has 0 atom stereocenters. The minimum atomic E-state index is -4.74. The molecule has 0 radical (unpaired) electrons. The molecule has 0 aliphatic rings. The van der Waals surface area contributed by atoms with E-state index in [1.54, 1.807) is 24.3 Å². The number of benzene rings is 1. The zero-order valence-electron chi connectivity index (χ0n) is 17.5. The lowest BCUT2D eigenvalue weighted by Crippen LogP contribution is -2.30. The second-order valence-corrected chi connectivity index (χ2v) is 7.88. The van der Waals surface area contributed by atoms with Crippen LogP contribution >= 0.6 is 23.2 Å². The maximum Gasteiger partial charge on any atom is 0.433 e. The molecule has 172 valence electrons. The van der Waals surface area contributed by atoms with E-state index in [2.05, 4.69) is 20.3 Å². The first kappa shape index (κ1) is 24.3. The van der Waals surface area contributed by atoms with Gasteiger partial charge in [0.2, 0.25) is 0 Å². The van der Waals surface area contributed by atoms with Crippen molar-refractivity contribution in [3.63, 3.8) is 0 Å². The van der Waals surface area contributed by atoms with Gasteiger partial charge in [0.05, 0.1) is 5.69 Å². The van der Waals surface area contributed by atoms with Crippen LogP contribution in [0.1, 0.15) is 36.5 Å². The van der Waals surface area contributed by atoms with Gasteiger partial charge in [-0.25, -0.2) is 9.50 Å². The molecule has 0 saturated heterocycles. The Morgan fingerprint density at radius 3 is 2.41 bits per heavy atom. The van der Waals surface area contributed by atoms with Gasteiger partial charge in [-0.3, -0.25) is 4.79 Å². The third-order valence-electron chi connectivity index (χ3n) is 5.01. The Morgan fingerprint density at radius 2 is 1.81 bits per heavy atom. The van der Waals surface area contributed by atoms with Crippen molar-refractivity contribution in [2.45, 2.75) is 26.4 Å². The van der Waals surface area contributed by atoms with Gasteiger partial charge in [-0.1, -0.05) is 49.2 Å². The molecular formula is C21H22Cl2F3N5O. The summed E-state index contributed by atoms with van der Waals surface area (Å²) >= 11 is 12.1. The fourth-order valence-corrected chi connectivity index (χ4v) is 3.61. The molecule has 1 amide bonds. The van der Waals surface area contributed by atoms with Crippen molar-refractivity contribution < 1.29 is 18.0 Å². The van der Waals surface area contributed by atoms with E-state index >= 15 is 0 Å². The number of carbonyl (C=O) groups is 1. The van der Waals surface area contributed by atoms with Crippen molar-refractivity contribution >= 4 is 34.8 Å². The number of amides is 1. The number of rotatable bonds is 8. The van der Waals surface area contributed by atoms with Crippen LogP contribution in [0, 0.1) is 0 Å². The molecule has 0 saturated carbocycles. The number of aromatic nitrogens is 3. The number of hydrogen-bond acceptors (Lipinski definition) is 4.